The second kappa shape index (κ2) is 9.53. The van der Waals surface area contributed by atoms with E-state index in [-0.39, 0.29) is 11.7 Å². The Bertz CT molecular complexity index is 880. The van der Waals surface area contributed by atoms with Gasteiger partial charge < -0.3 is 10.1 Å². The zero-order valence-corrected chi connectivity index (χ0v) is 16.4. The number of thioether (sulfide) groups is 1. The summed E-state index contributed by atoms with van der Waals surface area (Å²) >= 11 is 3.07. The van der Waals surface area contributed by atoms with E-state index in [1.807, 2.05) is 29.6 Å². The molecule has 4 nitrogen and oxygen atoms in total. The molecule has 0 aliphatic heterocycles. The number of nitrogens with one attached hydrogen (secondary N) is 1. The number of rotatable bonds is 8. The van der Waals surface area contributed by atoms with E-state index < -0.39 is 0 Å². The van der Waals surface area contributed by atoms with Crippen LogP contribution in [-0.2, 0) is 4.79 Å². The van der Waals surface area contributed by atoms with Crippen molar-refractivity contribution < 1.29 is 13.9 Å². The standard InChI is InChI=1S/C20H19FN2O2S2/c1-25-16-8-10-17(11-9-16)26-12-2-3-19(24)23-20-22-18(13-27-20)14-4-6-15(21)7-5-14/h4-11,13H,2-3,12H2,1H3,(H,22,23,24). The van der Waals surface area contributed by atoms with Crippen LogP contribution in [0.25, 0.3) is 11.3 Å². The van der Waals surface area contributed by atoms with Gasteiger partial charge in [0.1, 0.15) is 11.6 Å². The Balaban J connectivity index is 1.42. The fourth-order valence-corrected chi connectivity index (χ4v) is 3.95. The molecule has 0 atom stereocenters. The average molecular weight is 403 g/mol. The third kappa shape index (κ3) is 5.80. The number of hydrogen-bond acceptors (Lipinski definition) is 5. The predicted molar refractivity (Wildman–Crippen MR) is 109 cm³/mol. The maximum atomic E-state index is 13.0. The van der Waals surface area contributed by atoms with Crippen molar-refractivity contribution in [1.82, 2.24) is 4.98 Å². The highest BCUT2D eigenvalue weighted by Gasteiger charge is 2.08. The van der Waals surface area contributed by atoms with Gasteiger partial charge in [-0.25, -0.2) is 9.37 Å². The molecule has 2 aromatic carbocycles. The van der Waals surface area contributed by atoms with Crippen LogP contribution >= 0.6 is 23.1 Å². The van der Waals surface area contributed by atoms with E-state index in [0.717, 1.165) is 34.1 Å². The van der Waals surface area contributed by atoms with Crippen LogP contribution in [0.15, 0.2) is 58.8 Å². The lowest BCUT2D eigenvalue weighted by molar-refractivity contribution is -0.116. The molecule has 3 aromatic rings. The van der Waals surface area contributed by atoms with Crippen molar-refractivity contribution in [2.45, 2.75) is 17.7 Å². The summed E-state index contributed by atoms with van der Waals surface area (Å²) in [5.74, 6) is 1.36. The molecule has 140 valence electrons. The van der Waals surface area contributed by atoms with E-state index in [1.54, 1.807) is 31.0 Å². The van der Waals surface area contributed by atoms with E-state index in [9.17, 15) is 9.18 Å². The van der Waals surface area contributed by atoms with Gasteiger partial charge in [-0.2, -0.15) is 0 Å². The zero-order valence-electron chi connectivity index (χ0n) is 14.8. The Morgan fingerprint density at radius 1 is 1.19 bits per heavy atom. The first-order valence-corrected chi connectivity index (χ1v) is 10.3. The van der Waals surface area contributed by atoms with E-state index in [0.29, 0.717) is 11.6 Å². The van der Waals surface area contributed by atoms with Gasteiger partial charge in [-0.15, -0.1) is 23.1 Å². The van der Waals surface area contributed by atoms with Gasteiger partial charge in [0.2, 0.25) is 5.91 Å². The summed E-state index contributed by atoms with van der Waals surface area (Å²) in [4.78, 5) is 17.6. The first-order chi connectivity index (χ1) is 13.1. The predicted octanol–water partition coefficient (Wildman–Crippen LogP) is 5.47. The second-order valence-corrected chi connectivity index (χ2v) is 7.75. The van der Waals surface area contributed by atoms with Gasteiger partial charge in [0.05, 0.1) is 12.8 Å². The molecule has 1 aromatic heterocycles. The van der Waals surface area contributed by atoms with Gasteiger partial charge in [-0.3, -0.25) is 4.79 Å². The van der Waals surface area contributed by atoms with Gasteiger partial charge in [-0.1, -0.05) is 0 Å². The lowest BCUT2D eigenvalue weighted by Crippen LogP contribution is -2.11. The SMILES string of the molecule is COc1ccc(SCCCC(=O)Nc2nc(-c3ccc(F)cc3)cs2)cc1. The summed E-state index contributed by atoms with van der Waals surface area (Å²) in [7, 11) is 1.64. The molecule has 0 radical (unpaired) electrons. The molecule has 0 aliphatic carbocycles. The van der Waals surface area contributed by atoms with Crippen molar-refractivity contribution in [3.8, 4) is 17.0 Å². The Labute approximate surface area is 165 Å². The van der Waals surface area contributed by atoms with Crippen molar-refractivity contribution >= 4 is 34.1 Å². The van der Waals surface area contributed by atoms with E-state index in [2.05, 4.69) is 10.3 Å². The fourth-order valence-electron chi connectivity index (χ4n) is 2.36. The topological polar surface area (TPSA) is 51.2 Å². The molecule has 1 N–H and O–H groups in total. The average Bonchev–Trinajstić information content (AvgIpc) is 3.14. The Morgan fingerprint density at radius 2 is 1.93 bits per heavy atom. The molecule has 0 fully saturated rings. The lowest BCUT2D eigenvalue weighted by atomic mass is 10.2. The Morgan fingerprint density at radius 3 is 2.63 bits per heavy atom. The molecule has 1 amide bonds. The number of benzene rings is 2. The monoisotopic (exact) mass is 402 g/mol. The Hall–Kier alpha value is -2.38. The number of carbonyl (C=O) groups excluding carboxylic acids is 1. The molecule has 27 heavy (non-hydrogen) atoms. The molecule has 3 rings (SSSR count). The highest BCUT2D eigenvalue weighted by molar-refractivity contribution is 7.99. The summed E-state index contributed by atoms with van der Waals surface area (Å²) in [6, 6.07) is 14.0. The molecule has 1 heterocycles. The number of carbonyl (C=O) groups is 1. The first-order valence-electron chi connectivity index (χ1n) is 8.42. The number of ether oxygens (including phenoxy) is 1. The number of anilines is 1. The van der Waals surface area contributed by atoms with Crippen molar-refractivity contribution in [3.63, 3.8) is 0 Å². The van der Waals surface area contributed by atoms with Crippen LogP contribution in [0.5, 0.6) is 5.75 Å². The van der Waals surface area contributed by atoms with Crippen LogP contribution in [0, 0.1) is 5.82 Å². The van der Waals surface area contributed by atoms with Gasteiger partial charge in [0.25, 0.3) is 0 Å². The minimum Gasteiger partial charge on any atom is -0.497 e. The van der Waals surface area contributed by atoms with Crippen molar-refractivity contribution in [2.24, 2.45) is 0 Å². The largest absolute Gasteiger partial charge is 0.497 e. The number of aromatic nitrogens is 1. The fraction of sp³-hybridized carbons (Fsp3) is 0.200. The van der Waals surface area contributed by atoms with Crippen LogP contribution in [-0.4, -0.2) is 23.8 Å². The molecule has 0 bridgehead atoms. The highest BCUT2D eigenvalue weighted by Crippen LogP contribution is 2.25. The number of halogens is 1. The van der Waals surface area contributed by atoms with E-state index >= 15 is 0 Å². The summed E-state index contributed by atoms with van der Waals surface area (Å²) in [5.41, 5.74) is 1.55. The molecular formula is C20H19FN2O2S2. The second-order valence-electron chi connectivity index (χ2n) is 5.72. The third-order valence-electron chi connectivity index (χ3n) is 3.77. The molecule has 0 spiro atoms. The van der Waals surface area contributed by atoms with Gasteiger partial charge in [0.15, 0.2) is 5.13 Å². The van der Waals surface area contributed by atoms with Crippen LogP contribution in [0.4, 0.5) is 9.52 Å². The van der Waals surface area contributed by atoms with E-state index in [1.165, 1.54) is 23.5 Å². The maximum absolute atomic E-state index is 13.0. The van der Waals surface area contributed by atoms with Gasteiger partial charge in [0, 0.05) is 22.3 Å². The molecule has 7 heteroatoms. The van der Waals surface area contributed by atoms with Crippen molar-refractivity contribution in [1.29, 1.82) is 0 Å². The number of thiazole rings is 1. The lowest BCUT2D eigenvalue weighted by Gasteiger charge is -2.04. The highest BCUT2D eigenvalue weighted by atomic mass is 32.2. The summed E-state index contributed by atoms with van der Waals surface area (Å²) in [6.07, 6.45) is 1.22. The number of amides is 1. The Kier molecular flexibility index (Phi) is 6.84. The van der Waals surface area contributed by atoms with Crippen LogP contribution < -0.4 is 10.1 Å². The van der Waals surface area contributed by atoms with Crippen LogP contribution in [0.2, 0.25) is 0 Å². The van der Waals surface area contributed by atoms with Crippen molar-refractivity contribution in [2.75, 3.05) is 18.2 Å². The van der Waals surface area contributed by atoms with Crippen LogP contribution in [0.1, 0.15) is 12.8 Å². The number of hydrogen-bond donors (Lipinski definition) is 1. The summed E-state index contributed by atoms with van der Waals surface area (Å²) in [5, 5.41) is 5.23. The summed E-state index contributed by atoms with van der Waals surface area (Å²) < 4.78 is 18.1. The third-order valence-corrected chi connectivity index (χ3v) is 5.62. The van der Waals surface area contributed by atoms with Crippen molar-refractivity contribution in [3.05, 3.63) is 59.7 Å². The summed E-state index contributed by atoms with van der Waals surface area (Å²) in [6.45, 7) is 0. The quantitative estimate of drug-likeness (QED) is 0.401. The number of methoxy groups -OCH3 is 1. The smallest absolute Gasteiger partial charge is 0.226 e. The molecule has 0 aliphatic rings. The van der Waals surface area contributed by atoms with Crippen LogP contribution in [0.3, 0.4) is 0 Å². The van der Waals surface area contributed by atoms with E-state index in [4.69, 9.17) is 4.74 Å². The molecule has 0 unspecified atom stereocenters. The molecule has 0 saturated heterocycles. The van der Waals surface area contributed by atoms with Gasteiger partial charge in [-0.05, 0) is 60.7 Å². The number of nitrogens with zero attached hydrogens (tertiary/aromatic N) is 1. The minimum atomic E-state index is -0.282. The normalized spacial score (nSPS) is 10.6. The molecular weight excluding hydrogens is 383 g/mol. The maximum Gasteiger partial charge on any atom is 0.226 e. The molecule has 0 saturated carbocycles. The van der Waals surface area contributed by atoms with Gasteiger partial charge >= 0.3 is 0 Å². The zero-order chi connectivity index (χ0) is 19.1. The first kappa shape index (κ1) is 19.4. The minimum absolute atomic E-state index is 0.0506.